The number of sulfonamides is 1. The molecule has 1 unspecified atom stereocenters. The predicted octanol–water partition coefficient (Wildman–Crippen LogP) is 2.83. The molecule has 0 bridgehead atoms. The Morgan fingerprint density at radius 3 is 2.50 bits per heavy atom. The first-order valence-corrected chi connectivity index (χ1v) is 13.5. The first-order valence-electron chi connectivity index (χ1n) is 12.1. The van der Waals surface area contributed by atoms with Gasteiger partial charge in [0.25, 0.3) is 0 Å². The van der Waals surface area contributed by atoms with Gasteiger partial charge in [0.05, 0.1) is 7.11 Å². The van der Waals surface area contributed by atoms with E-state index in [0.29, 0.717) is 11.4 Å². The molecular formula is C26H31N5O6S. The van der Waals surface area contributed by atoms with Crippen LogP contribution in [0.2, 0.25) is 0 Å². The second kappa shape index (κ2) is 11.2. The minimum absolute atomic E-state index is 0.0688. The molecule has 202 valence electrons. The van der Waals surface area contributed by atoms with Crippen molar-refractivity contribution >= 4 is 27.6 Å². The zero-order valence-electron chi connectivity index (χ0n) is 21.7. The molecule has 1 aliphatic heterocycles. The number of piperazine rings is 1. The molecule has 1 aromatic heterocycles. The van der Waals surface area contributed by atoms with Gasteiger partial charge in [0, 0.05) is 31.9 Å². The van der Waals surface area contributed by atoms with Crippen LogP contribution in [0.15, 0.2) is 57.9 Å². The Hall–Kier alpha value is -3.90. The highest BCUT2D eigenvalue weighted by atomic mass is 32.2. The molecule has 1 atom stereocenters. The number of carbonyl (C=O) groups excluding carboxylic acids is 2. The molecule has 11 nitrogen and oxygen atoms in total. The van der Waals surface area contributed by atoms with E-state index in [2.05, 4.69) is 15.8 Å². The molecule has 0 saturated carbocycles. The number of aromatic nitrogens is 1. The van der Waals surface area contributed by atoms with Crippen molar-refractivity contribution in [2.75, 3.05) is 32.1 Å². The lowest BCUT2D eigenvalue weighted by molar-refractivity contribution is -0.126. The van der Waals surface area contributed by atoms with Crippen LogP contribution in [-0.4, -0.2) is 67.5 Å². The lowest BCUT2D eigenvalue weighted by Gasteiger charge is -2.39. The van der Waals surface area contributed by atoms with Gasteiger partial charge >= 0.3 is 6.03 Å². The molecule has 4 rings (SSSR count). The second-order valence-corrected chi connectivity index (χ2v) is 10.9. The number of ether oxygens (including phenoxy) is 1. The molecule has 12 heteroatoms. The standard InChI is InChI=1S/C26H31N5O6S/c1-17-8-10-21(11-9-17)28-26(33)30-12-13-31(38(34,35)24-18(2)29-37-19(24)3)23(16-30)25(32)27-15-20-6-5-7-22(14-20)36-4/h5-11,14,23H,12-13,15-16H2,1-4H3,(H,27,32)(H,28,33). The van der Waals surface area contributed by atoms with Crippen molar-refractivity contribution in [1.29, 1.82) is 0 Å². The van der Waals surface area contributed by atoms with E-state index in [4.69, 9.17) is 9.26 Å². The second-order valence-electron chi connectivity index (χ2n) is 9.10. The van der Waals surface area contributed by atoms with Gasteiger partial charge in [0.15, 0.2) is 5.76 Å². The number of methoxy groups -OCH3 is 1. The van der Waals surface area contributed by atoms with Crippen molar-refractivity contribution in [3.63, 3.8) is 0 Å². The van der Waals surface area contributed by atoms with Crippen LogP contribution < -0.4 is 15.4 Å². The molecule has 2 aromatic carbocycles. The summed E-state index contributed by atoms with van der Waals surface area (Å²) < 4.78 is 38.8. The molecular weight excluding hydrogens is 510 g/mol. The third-order valence-corrected chi connectivity index (χ3v) is 8.51. The van der Waals surface area contributed by atoms with E-state index in [9.17, 15) is 18.0 Å². The summed E-state index contributed by atoms with van der Waals surface area (Å²) in [5.74, 6) is 0.240. The van der Waals surface area contributed by atoms with Crippen molar-refractivity contribution in [2.45, 2.75) is 38.3 Å². The van der Waals surface area contributed by atoms with Crippen molar-refractivity contribution in [3.8, 4) is 5.75 Å². The molecule has 0 aliphatic carbocycles. The third-order valence-electron chi connectivity index (χ3n) is 6.36. The van der Waals surface area contributed by atoms with Crippen LogP contribution >= 0.6 is 0 Å². The summed E-state index contributed by atoms with van der Waals surface area (Å²) in [6.45, 7) is 5.03. The molecule has 1 aliphatic rings. The van der Waals surface area contributed by atoms with Crippen LogP contribution in [0.5, 0.6) is 5.75 Å². The maximum Gasteiger partial charge on any atom is 0.321 e. The Labute approximate surface area is 221 Å². The number of carbonyl (C=O) groups is 2. The van der Waals surface area contributed by atoms with Gasteiger partial charge < -0.3 is 24.8 Å². The van der Waals surface area contributed by atoms with E-state index in [1.165, 1.54) is 18.7 Å². The van der Waals surface area contributed by atoms with Gasteiger partial charge in [-0.25, -0.2) is 13.2 Å². The SMILES string of the molecule is COc1cccc(CNC(=O)C2CN(C(=O)Nc3ccc(C)cc3)CCN2S(=O)(=O)c2c(C)noc2C)c1. The van der Waals surface area contributed by atoms with Gasteiger partial charge in [0.2, 0.25) is 15.9 Å². The van der Waals surface area contributed by atoms with Crippen LogP contribution in [0, 0.1) is 20.8 Å². The number of benzene rings is 2. The highest BCUT2D eigenvalue weighted by Gasteiger charge is 2.43. The number of anilines is 1. The van der Waals surface area contributed by atoms with E-state index >= 15 is 0 Å². The van der Waals surface area contributed by atoms with Crippen molar-refractivity contribution in [2.24, 2.45) is 0 Å². The van der Waals surface area contributed by atoms with Crippen molar-refractivity contribution < 1.29 is 27.3 Å². The fourth-order valence-electron chi connectivity index (χ4n) is 4.34. The first kappa shape index (κ1) is 27.1. The van der Waals surface area contributed by atoms with E-state index in [-0.39, 0.29) is 42.5 Å². The van der Waals surface area contributed by atoms with Gasteiger partial charge in [-0.05, 0) is 50.6 Å². The number of hydrogen-bond donors (Lipinski definition) is 2. The number of rotatable bonds is 7. The molecule has 3 aromatic rings. The summed E-state index contributed by atoms with van der Waals surface area (Å²) >= 11 is 0. The molecule has 2 N–H and O–H groups in total. The fraction of sp³-hybridized carbons (Fsp3) is 0.346. The first-order chi connectivity index (χ1) is 18.1. The molecule has 0 spiro atoms. The highest BCUT2D eigenvalue weighted by molar-refractivity contribution is 7.89. The van der Waals surface area contributed by atoms with E-state index in [1.807, 2.05) is 25.1 Å². The monoisotopic (exact) mass is 541 g/mol. The van der Waals surface area contributed by atoms with Crippen LogP contribution in [0.25, 0.3) is 0 Å². The number of amides is 3. The molecule has 38 heavy (non-hydrogen) atoms. The number of urea groups is 1. The average Bonchev–Trinajstić information content (AvgIpc) is 3.26. The van der Waals surface area contributed by atoms with Crippen LogP contribution in [0.4, 0.5) is 10.5 Å². The summed E-state index contributed by atoms with van der Waals surface area (Å²) in [4.78, 5) is 27.9. The number of hydrogen-bond acceptors (Lipinski definition) is 7. The van der Waals surface area contributed by atoms with E-state index in [1.54, 1.807) is 37.4 Å². The largest absolute Gasteiger partial charge is 0.497 e. The molecule has 3 amide bonds. The Kier molecular flexibility index (Phi) is 8.02. The smallest absolute Gasteiger partial charge is 0.321 e. The Balaban J connectivity index is 1.57. The summed E-state index contributed by atoms with van der Waals surface area (Å²) in [5.41, 5.74) is 2.64. The Bertz CT molecular complexity index is 1400. The third kappa shape index (κ3) is 5.81. The Morgan fingerprint density at radius 2 is 1.84 bits per heavy atom. The topological polar surface area (TPSA) is 134 Å². The van der Waals surface area contributed by atoms with E-state index < -0.39 is 28.0 Å². The maximum atomic E-state index is 13.7. The van der Waals surface area contributed by atoms with Crippen LogP contribution in [0.1, 0.15) is 22.6 Å². The highest BCUT2D eigenvalue weighted by Crippen LogP contribution is 2.27. The predicted molar refractivity (Wildman–Crippen MR) is 140 cm³/mol. The maximum absolute atomic E-state index is 13.7. The summed E-state index contributed by atoms with van der Waals surface area (Å²) in [5, 5.41) is 9.40. The zero-order chi connectivity index (χ0) is 27.4. The van der Waals surface area contributed by atoms with Gasteiger partial charge in [-0.1, -0.05) is 35.0 Å². The van der Waals surface area contributed by atoms with Crippen molar-refractivity contribution in [1.82, 2.24) is 19.7 Å². The summed E-state index contributed by atoms with van der Waals surface area (Å²) in [6.07, 6.45) is 0. The normalized spacial score (nSPS) is 16.2. The summed E-state index contributed by atoms with van der Waals surface area (Å²) in [7, 11) is -2.59. The molecule has 0 radical (unpaired) electrons. The lowest BCUT2D eigenvalue weighted by Crippen LogP contribution is -2.61. The van der Waals surface area contributed by atoms with Gasteiger partial charge in [-0.15, -0.1) is 0 Å². The number of nitrogens with one attached hydrogen (secondary N) is 2. The summed E-state index contributed by atoms with van der Waals surface area (Å²) in [6, 6.07) is 12.9. The lowest BCUT2D eigenvalue weighted by atomic mass is 10.1. The van der Waals surface area contributed by atoms with Crippen LogP contribution in [0.3, 0.4) is 0 Å². The van der Waals surface area contributed by atoms with E-state index in [0.717, 1.165) is 15.4 Å². The van der Waals surface area contributed by atoms with Crippen molar-refractivity contribution in [3.05, 3.63) is 71.1 Å². The van der Waals surface area contributed by atoms with Crippen LogP contribution in [-0.2, 0) is 21.4 Å². The fourth-order valence-corrected chi connectivity index (χ4v) is 6.21. The average molecular weight is 542 g/mol. The van der Waals surface area contributed by atoms with Gasteiger partial charge in [-0.3, -0.25) is 4.79 Å². The zero-order valence-corrected chi connectivity index (χ0v) is 22.5. The molecule has 1 fully saturated rings. The quantitative estimate of drug-likeness (QED) is 0.470. The minimum atomic E-state index is -4.14. The van der Waals surface area contributed by atoms with Gasteiger partial charge in [-0.2, -0.15) is 4.31 Å². The number of nitrogens with zero attached hydrogens (tertiary/aromatic N) is 3. The minimum Gasteiger partial charge on any atom is -0.497 e. The molecule has 2 heterocycles. The molecule has 1 saturated heterocycles. The van der Waals surface area contributed by atoms with Gasteiger partial charge in [0.1, 0.15) is 22.4 Å². The Morgan fingerprint density at radius 1 is 1.11 bits per heavy atom. The number of aryl methyl sites for hydroxylation is 3.